The average molecular weight is 638 g/mol. The van der Waals surface area contributed by atoms with Crippen molar-refractivity contribution >= 4 is 23.9 Å². The lowest BCUT2D eigenvalue weighted by atomic mass is 9.95. The van der Waals surface area contributed by atoms with E-state index in [2.05, 4.69) is 10.6 Å². The summed E-state index contributed by atoms with van der Waals surface area (Å²) in [7, 11) is 0. The maximum atomic E-state index is 14.5. The molecule has 0 aliphatic rings. The van der Waals surface area contributed by atoms with E-state index < -0.39 is 53.2 Å². The van der Waals surface area contributed by atoms with Gasteiger partial charge in [0.25, 0.3) is 0 Å². The molecule has 0 saturated heterocycles. The van der Waals surface area contributed by atoms with E-state index in [9.17, 15) is 19.2 Å². The molecule has 2 aromatic carbocycles. The minimum atomic E-state index is -1.08. The van der Waals surface area contributed by atoms with Crippen molar-refractivity contribution < 1.29 is 28.7 Å². The summed E-state index contributed by atoms with van der Waals surface area (Å²) < 4.78 is 11.2. The summed E-state index contributed by atoms with van der Waals surface area (Å²) in [6.45, 7) is 20.5. The van der Waals surface area contributed by atoms with Gasteiger partial charge in [0, 0.05) is 13.0 Å². The SMILES string of the molecule is CCCCN(C(=O)C(NC(=O)OC(C)(C)C)C(C)C)C(C(=O)NC(Cc1ccccc1)C(=O)OC(C)(C)C)c1ccc(C)c(C)c1. The second-order valence-corrected chi connectivity index (χ2v) is 14.3. The Morgan fingerprint density at radius 3 is 1.96 bits per heavy atom. The van der Waals surface area contributed by atoms with Gasteiger partial charge < -0.3 is 25.0 Å². The number of unbranched alkanes of at least 4 members (excludes halogenated alkanes) is 1. The van der Waals surface area contributed by atoms with E-state index in [1.54, 1.807) is 41.5 Å². The van der Waals surface area contributed by atoms with E-state index in [4.69, 9.17) is 9.47 Å². The Bertz CT molecular complexity index is 1330. The van der Waals surface area contributed by atoms with Gasteiger partial charge >= 0.3 is 12.1 Å². The van der Waals surface area contributed by atoms with Crippen molar-refractivity contribution in [2.75, 3.05) is 6.54 Å². The predicted molar refractivity (Wildman–Crippen MR) is 181 cm³/mol. The van der Waals surface area contributed by atoms with Gasteiger partial charge in [-0.15, -0.1) is 0 Å². The molecule has 0 aromatic heterocycles. The van der Waals surface area contributed by atoms with E-state index in [0.29, 0.717) is 12.0 Å². The van der Waals surface area contributed by atoms with Crippen molar-refractivity contribution in [2.24, 2.45) is 5.92 Å². The van der Waals surface area contributed by atoms with Crippen molar-refractivity contribution in [3.05, 3.63) is 70.8 Å². The maximum absolute atomic E-state index is 14.5. The Morgan fingerprint density at radius 2 is 1.43 bits per heavy atom. The van der Waals surface area contributed by atoms with E-state index in [1.165, 1.54) is 4.90 Å². The van der Waals surface area contributed by atoms with Crippen LogP contribution in [0.1, 0.15) is 103 Å². The number of ether oxygens (including phenoxy) is 2. The molecule has 3 unspecified atom stereocenters. The van der Waals surface area contributed by atoms with Crippen LogP contribution in [-0.2, 0) is 30.3 Å². The summed E-state index contributed by atoms with van der Waals surface area (Å²) in [4.78, 5) is 56.8. The maximum Gasteiger partial charge on any atom is 0.408 e. The van der Waals surface area contributed by atoms with Crippen LogP contribution in [0.15, 0.2) is 48.5 Å². The third-order valence-electron chi connectivity index (χ3n) is 7.34. The standard InChI is InChI=1S/C37H55N3O6/c1-12-13-21-40(33(42)30(24(2)3)39-35(44)46-37(9,10)11)31(28-20-19-25(4)26(5)22-28)32(41)38-29(34(43)45-36(6,7)8)23-27-17-15-14-16-18-27/h14-20,22,24,29-31H,12-13,21,23H2,1-11H3,(H,38,41)(H,39,44). The first-order chi connectivity index (χ1) is 21.3. The van der Waals surface area contributed by atoms with Gasteiger partial charge in [0.2, 0.25) is 11.8 Å². The third kappa shape index (κ3) is 12.1. The number of rotatable bonds is 13. The molecule has 2 rings (SSSR count). The fraction of sp³-hybridized carbons (Fsp3) is 0.568. The molecule has 9 nitrogen and oxygen atoms in total. The quantitative estimate of drug-likeness (QED) is 0.240. The summed E-state index contributed by atoms with van der Waals surface area (Å²) in [5, 5.41) is 5.71. The number of carbonyl (C=O) groups excluding carboxylic acids is 4. The number of amides is 3. The summed E-state index contributed by atoms with van der Waals surface area (Å²) in [5.74, 6) is -1.80. The molecule has 0 aliphatic heterocycles. The molecule has 0 spiro atoms. The second-order valence-electron chi connectivity index (χ2n) is 14.3. The van der Waals surface area contributed by atoms with Crippen molar-refractivity contribution in [3.8, 4) is 0 Å². The molecule has 0 radical (unpaired) electrons. The number of esters is 1. The summed E-state index contributed by atoms with van der Waals surface area (Å²) >= 11 is 0. The molecule has 254 valence electrons. The van der Waals surface area contributed by atoms with Crippen molar-refractivity contribution in [2.45, 2.75) is 125 Å². The molecule has 2 N–H and O–H groups in total. The first kappa shape index (κ1) is 38.3. The molecular formula is C37H55N3O6. The van der Waals surface area contributed by atoms with Crippen LogP contribution in [0, 0.1) is 19.8 Å². The lowest BCUT2D eigenvalue weighted by molar-refractivity contribution is -0.159. The molecule has 0 bridgehead atoms. The van der Waals surface area contributed by atoms with Crippen LogP contribution in [-0.4, -0.2) is 58.6 Å². The summed E-state index contributed by atoms with van der Waals surface area (Å²) in [5.41, 5.74) is 1.92. The monoisotopic (exact) mass is 637 g/mol. The second kappa shape index (κ2) is 16.6. The van der Waals surface area contributed by atoms with Crippen molar-refractivity contribution in [1.82, 2.24) is 15.5 Å². The highest BCUT2D eigenvalue weighted by Gasteiger charge is 2.39. The number of hydrogen-bond donors (Lipinski definition) is 2. The predicted octanol–water partition coefficient (Wildman–Crippen LogP) is 6.59. The Labute approximate surface area is 275 Å². The van der Waals surface area contributed by atoms with Crippen LogP contribution in [0.2, 0.25) is 0 Å². The number of hydrogen-bond acceptors (Lipinski definition) is 6. The molecular weight excluding hydrogens is 582 g/mol. The number of aryl methyl sites for hydroxylation is 2. The van der Waals surface area contributed by atoms with Gasteiger partial charge in [0.05, 0.1) is 0 Å². The van der Waals surface area contributed by atoms with E-state index in [-0.39, 0.29) is 18.9 Å². The minimum absolute atomic E-state index is 0.207. The highest BCUT2D eigenvalue weighted by Crippen LogP contribution is 2.27. The lowest BCUT2D eigenvalue weighted by Gasteiger charge is -2.36. The number of benzene rings is 2. The highest BCUT2D eigenvalue weighted by molar-refractivity contribution is 5.94. The molecule has 0 aliphatic carbocycles. The Kier molecular flexibility index (Phi) is 13.8. The van der Waals surface area contributed by atoms with Crippen LogP contribution in [0.3, 0.4) is 0 Å². The first-order valence-corrected chi connectivity index (χ1v) is 16.3. The largest absolute Gasteiger partial charge is 0.458 e. The average Bonchev–Trinajstić information content (AvgIpc) is 2.93. The Hall–Kier alpha value is -3.88. The Balaban J connectivity index is 2.63. The van der Waals surface area contributed by atoms with Crippen molar-refractivity contribution in [1.29, 1.82) is 0 Å². The number of nitrogens with one attached hydrogen (secondary N) is 2. The van der Waals surface area contributed by atoms with E-state index in [0.717, 1.165) is 23.1 Å². The van der Waals surface area contributed by atoms with Crippen LogP contribution in [0.4, 0.5) is 4.79 Å². The first-order valence-electron chi connectivity index (χ1n) is 16.3. The van der Waals surface area contributed by atoms with Gasteiger partial charge in [0.15, 0.2) is 0 Å². The van der Waals surface area contributed by atoms with E-state index >= 15 is 0 Å². The van der Waals surface area contributed by atoms with Crippen LogP contribution in [0.5, 0.6) is 0 Å². The molecule has 3 atom stereocenters. The zero-order valence-electron chi connectivity index (χ0n) is 29.7. The molecule has 0 saturated carbocycles. The fourth-order valence-electron chi connectivity index (χ4n) is 4.90. The van der Waals surface area contributed by atoms with Gasteiger partial charge in [-0.2, -0.15) is 0 Å². The molecule has 2 aromatic rings. The number of nitrogens with zero attached hydrogens (tertiary/aromatic N) is 1. The van der Waals surface area contributed by atoms with Gasteiger partial charge in [-0.1, -0.05) is 75.7 Å². The van der Waals surface area contributed by atoms with Crippen LogP contribution < -0.4 is 10.6 Å². The van der Waals surface area contributed by atoms with Crippen LogP contribution >= 0.6 is 0 Å². The zero-order chi connectivity index (χ0) is 34.8. The third-order valence-corrected chi connectivity index (χ3v) is 7.34. The molecule has 46 heavy (non-hydrogen) atoms. The molecule has 0 fully saturated rings. The smallest absolute Gasteiger partial charge is 0.408 e. The van der Waals surface area contributed by atoms with E-state index in [1.807, 2.05) is 83.1 Å². The topological polar surface area (TPSA) is 114 Å². The van der Waals surface area contributed by atoms with Gasteiger partial charge in [0.1, 0.15) is 29.3 Å². The van der Waals surface area contributed by atoms with Gasteiger partial charge in [-0.05, 0) is 90.0 Å². The molecule has 9 heteroatoms. The summed E-state index contributed by atoms with van der Waals surface area (Å²) in [6, 6.07) is 12.0. The zero-order valence-corrected chi connectivity index (χ0v) is 29.7. The molecule has 0 heterocycles. The normalized spacial score (nSPS) is 13.7. The highest BCUT2D eigenvalue weighted by atomic mass is 16.6. The summed E-state index contributed by atoms with van der Waals surface area (Å²) in [6.07, 6.45) is 0.886. The number of alkyl carbamates (subject to hydrolysis) is 1. The van der Waals surface area contributed by atoms with Crippen LogP contribution in [0.25, 0.3) is 0 Å². The minimum Gasteiger partial charge on any atom is -0.458 e. The van der Waals surface area contributed by atoms with Gasteiger partial charge in [-0.25, -0.2) is 9.59 Å². The van der Waals surface area contributed by atoms with Gasteiger partial charge in [-0.3, -0.25) is 9.59 Å². The number of carbonyl (C=O) groups is 4. The Morgan fingerprint density at radius 1 is 0.826 bits per heavy atom. The van der Waals surface area contributed by atoms with Crippen molar-refractivity contribution in [3.63, 3.8) is 0 Å². The fourth-order valence-corrected chi connectivity index (χ4v) is 4.90. The lowest BCUT2D eigenvalue weighted by Crippen LogP contribution is -2.56. The molecule has 3 amide bonds.